The van der Waals surface area contributed by atoms with Crippen molar-refractivity contribution in [2.75, 3.05) is 19.0 Å². The molecule has 0 aromatic heterocycles. The molecule has 1 aliphatic rings. The standard InChI is InChI=1S/C13H18ClNO/c1-3-13(9-16-2)12(14)8-10-6-4-5-7-11(10)15-13/h4-7,12,15H,3,8-9H2,1-2H3/t12-,13+/m0/s1. The van der Waals surface area contributed by atoms with Crippen LogP contribution in [0.4, 0.5) is 5.69 Å². The Hall–Kier alpha value is -0.730. The van der Waals surface area contributed by atoms with E-state index >= 15 is 0 Å². The first-order valence-electron chi connectivity index (χ1n) is 5.71. The van der Waals surface area contributed by atoms with Crippen molar-refractivity contribution in [2.24, 2.45) is 0 Å². The number of fused-ring (bicyclic) bond motifs is 1. The summed E-state index contributed by atoms with van der Waals surface area (Å²) < 4.78 is 5.31. The highest BCUT2D eigenvalue weighted by Crippen LogP contribution is 2.36. The SMILES string of the molecule is CC[C@]1(COC)Nc2ccccc2C[C@@H]1Cl. The molecule has 2 atom stereocenters. The summed E-state index contributed by atoms with van der Waals surface area (Å²) in [7, 11) is 1.73. The fourth-order valence-electron chi connectivity index (χ4n) is 2.35. The molecule has 0 radical (unpaired) electrons. The Morgan fingerprint density at radius 2 is 2.25 bits per heavy atom. The minimum absolute atomic E-state index is 0.0762. The van der Waals surface area contributed by atoms with Gasteiger partial charge in [0.2, 0.25) is 0 Å². The maximum atomic E-state index is 6.50. The smallest absolute Gasteiger partial charge is 0.0770 e. The number of alkyl halides is 1. The average Bonchev–Trinajstić information content (AvgIpc) is 2.30. The summed E-state index contributed by atoms with van der Waals surface area (Å²) in [6, 6.07) is 8.34. The Bertz CT molecular complexity index is 369. The van der Waals surface area contributed by atoms with Crippen LogP contribution in [0.15, 0.2) is 24.3 Å². The molecule has 0 fully saturated rings. The third-order valence-corrected chi connectivity index (χ3v) is 4.00. The van der Waals surface area contributed by atoms with Crippen LogP contribution in [0.25, 0.3) is 0 Å². The first-order chi connectivity index (χ1) is 7.72. The van der Waals surface area contributed by atoms with Gasteiger partial charge in [0.05, 0.1) is 17.5 Å². The molecule has 2 nitrogen and oxygen atoms in total. The second kappa shape index (κ2) is 4.64. The van der Waals surface area contributed by atoms with Gasteiger partial charge >= 0.3 is 0 Å². The molecule has 1 aliphatic heterocycles. The van der Waals surface area contributed by atoms with Crippen LogP contribution in [0.5, 0.6) is 0 Å². The molecule has 16 heavy (non-hydrogen) atoms. The topological polar surface area (TPSA) is 21.3 Å². The van der Waals surface area contributed by atoms with Gasteiger partial charge in [0.1, 0.15) is 0 Å². The zero-order valence-electron chi connectivity index (χ0n) is 9.79. The molecule has 1 N–H and O–H groups in total. The number of benzene rings is 1. The second-order valence-corrected chi connectivity index (χ2v) is 4.92. The highest BCUT2D eigenvalue weighted by atomic mass is 35.5. The van der Waals surface area contributed by atoms with E-state index in [1.54, 1.807) is 7.11 Å². The summed E-state index contributed by atoms with van der Waals surface area (Å²) in [6.07, 6.45) is 1.87. The Morgan fingerprint density at radius 1 is 1.50 bits per heavy atom. The van der Waals surface area contributed by atoms with Crippen molar-refractivity contribution in [3.05, 3.63) is 29.8 Å². The molecule has 88 valence electrons. The van der Waals surface area contributed by atoms with E-state index in [2.05, 4.69) is 30.4 Å². The van der Waals surface area contributed by atoms with Crippen LogP contribution in [0, 0.1) is 0 Å². The molecule has 0 saturated heterocycles. The van der Waals surface area contributed by atoms with E-state index in [9.17, 15) is 0 Å². The lowest BCUT2D eigenvalue weighted by molar-refractivity contribution is 0.135. The number of para-hydroxylation sites is 1. The van der Waals surface area contributed by atoms with Crippen molar-refractivity contribution in [3.8, 4) is 0 Å². The van der Waals surface area contributed by atoms with Crippen LogP contribution in [0.2, 0.25) is 0 Å². The predicted molar refractivity (Wildman–Crippen MR) is 68.3 cm³/mol. The Morgan fingerprint density at radius 3 is 2.94 bits per heavy atom. The molecule has 0 amide bonds. The van der Waals surface area contributed by atoms with Crippen molar-refractivity contribution < 1.29 is 4.74 Å². The van der Waals surface area contributed by atoms with Crippen LogP contribution in [-0.2, 0) is 11.2 Å². The van der Waals surface area contributed by atoms with Crippen molar-refractivity contribution in [2.45, 2.75) is 30.7 Å². The number of hydrogen-bond acceptors (Lipinski definition) is 2. The summed E-state index contributed by atoms with van der Waals surface area (Å²) in [4.78, 5) is 0. The van der Waals surface area contributed by atoms with Gasteiger partial charge in [0.25, 0.3) is 0 Å². The van der Waals surface area contributed by atoms with Gasteiger partial charge in [-0.3, -0.25) is 0 Å². The van der Waals surface area contributed by atoms with Crippen molar-refractivity contribution in [3.63, 3.8) is 0 Å². The van der Waals surface area contributed by atoms with E-state index in [-0.39, 0.29) is 10.9 Å². The van der Waals surface area contributed by atoms with Gasteiger partial charge in [-0.15, -0.1) is 11.6 Å². The third-order valence-electron chi connectivity index (χ3n) is 3.43. The van der Waals surface area contributed by atoms with Crippen LogP contribution in [0.1, 0.15) is 18.9 Å². The van der Waals surface area contributed by atoms with Crippen molar-refractivity contribution >= 4 is 17.3 Å². The maximum absolute atomic E-state index is 6.50. The first-order valence-corrected chi connectivity index (χ1v) is 6.14. The molecule has 0 spiro atoms. The molecule has 2 rings (SSSR count). The zero-order valence-corrected chi connectivity index (χ0v) is 10.6. The van der Waals surface area contributed by atoms with Gasteiger partial charge in [0, 0.05) is 12.8 Å². The van der Waals surface area contributed by atoms with Crippen LogP contribution < -0.4 is 5.32 Å². The first kappa shape index (κ1) is 11.7. The van der Waals surface area contributed by atoms with E-state index in [1.807, 2.05) is 6.07 Å². The fraction of sp³-hybridized carbons (Fsp3) is 0.538. The van der Waals surface area contributed by atoms with E-state index in [4.69, 9.17) is 16.3 Å². The van der Waals surface area contributed by atoms with E-state index < -0.39 is 0 Å². The summed E-state index contributed by atoms with van der Waals surface area (Å²) in [5.41, 5.74) is 2.35. The summed E-state index contributed by atoms with van der Waals surface area (Å²) in [5.74, 6) is 0. The molecular weight excluding hydrogens is 222 g/mol. The quantitative estimate of drug-likeness (QED) is 0.819. The number of methoxy groups -OCH3 is 1. The normalized spacial score (nSPS) is 28.3. The summed E-state index contributed by atoms with van der Waals surface area (Å²) in [5, 5.41) is 3.63. The second-order valence-electron chi connectivity index (χ2n) is 4.40. The molecule has 0 bridgehead atoms. The largest absolute Gasteiger partial charge is 0.382 e. The van der Waals surface area contributed by atoms with E-state index in [0.717, 1.165) is 12.8 Å². The highest BCUT2D eigenvalue weighted by molar-refractivity contribution is 6.22. The molecular formula is C13H18ClNO. The number of ether oxygens (including phenoxy) is 1. The highest BCUT2D eigenvalue weighted by Gasteiger charge is 2.40. The summed E-state index contributed by atoms with van der Waals surface area (Å²) in [6.45, 7) is 2.79. The monoisotopic (exact) mass is 239 g/mol. The number of rotatable bonds is 3. The number of anilines is 1. The lowest BCUT2D eigenvalue weighted by Gasteiger charge is -2.42. The van der Waals surface area contributed by atoms with Gasteiger partial charge in [-0.05, 0) is 24.5 Å². The predicted octanol–water partition coefficient (Wildman–Crippen LogP) is 3.06. The molecule has 0 saturated carbocycles. The maximum Gasteiger partial charge on any atom is 0.0770 e. The third kappa shape index (κ3) is 1.92. The lowest BCUT2D eigenvalue weighted by Crippen LogP contribution is -2.53. The molecule has 3 heteroatoms. The number of halogens is 1. The van der Waals surface area contributed by atoms with Crippen LogP contribution in [-0.4, -0.2) is 24.6 Å². The minimum Gasteiger partial charge on any atom is -0.382 e. The van der Waals surface area contributed by atoms with Gasteiger partial charge in [0.15, 0.2) is 0 Å². The number of hydrogen-bond donors (Lipinski definition) is 1. The molecule has 1 heterocycles. The molecule has 1 aromatic carbocycles. The minimum atomic E-state index is -0.134. The van der Waals surface area contributed by atoms with E-state index in [0.29, 0.717) is 6.61 Å². The Kier molecular flexibility index (Phi) is 3.41. The zero-order chi connectivity index (χ0) is 11.6. The number of nitrogens with one attached hydrogen (secondary N) is 1. The van der Waals surface area contributed by atoms with Gasteiger partial charge < -0.3 is 10.1 Å². The lowest BCUT2D eigenvalue weighted by atomic mass is 9.84. The Balaban J connectivity index is 2.32. The van der Waals surface area contributed by atoms with Gasteiger partial charge in [-0.25, -0.2) is 0 Å². The summed E-state index contributed by atoms with van der Waals surface area (Å²) >= 11 is 6.50. The molecule has 1 aromatic rings. The average molecular weight is 240 g/mol. The van der Waals surface area contributed by atoms with Crippen LogP contribution in [0.3, 0.4) is 0 Å². The van der Waals surface area contributed by atoms with Gasteiger partial charge in [-0.1, -0.05) is 25.1 Å². The fourth-order valence-corrected chi connectivity index (χ4v) is 2.79. The Labute approximate surface area is 102 Å². The van der Waals surface area contributed by atoms with E-state index in [1.165, 1.54) is 11.3 Å². The molecule has 0 unspecified atom stereocenters. The van der Waals surface area contributed by atoms with Crippen LogP contribution >= 0.6 is 11.6 Å². The van der Waals surface area contributed by atoms with Crippen molar-refractivity contribution in [1.82, 2.24) is 0 Å². The van der Waals surface area contributed by atoms with Crippen molar-refractivity contribution in [1.29, 1.82) is 0 Å². The van der Waals surface area contributed by atoms with Gasteiger partial charge in [-0.2, -0.15) is 0 Å². The molecule has 0 aliphatic carbocycles.